The molecule has 0 atom stereocenters. The molecule has 7 nitrogen and oxygen atoms in total. The predicted octanol–water partition coefficient (Wildman–Crippen LogP) is 3.45. The Bertz CT molecular complexity index is 576. The lowest BCUT2D eigenvalue weighted by Crippen LogP contribution is -2.42. The summed E-state index contributed by atoms with van der Waals surface area (Å²) < 4.78 is 5.53. The number of anilines is 1. The van der Waals surface area contributed by atoms with Gasteiger partial charge in [-0.1, -0.05) is 19.3 Å². The fourth-order valence-corrected chi connectivity index (χ4v) is 3.19. The molecule has 0 N–H and O–H groups in total. The molecule has 0 amide bonds. The van der Waals surface area contributed by atoms with E-state index in [0.717, 1.165) is 32.1 Å². The Hall–Kier alpha value is -1.70. The highest BCUT2D eigenvalue weighted by Crippen LogP contribution is 2.33. The number of nitrogens with zero attached hydrogens (tertiary/aromatic N) is 3. The summed E-state index contributed by atoms with van der Waals surface area (Å²) in [5.74, 6) is -0.168. The number of rotatable bonds is 6. The van der Waals surface area contributed by atoms with E-state index in [-0.39, 0.29) is 30.7 Å². The predicted molar refractivity (Wildman–Crippen MR) is 89.4 cm³/mol. The molecule has 0 aromatic carbocycles. The van der Waals surface area contributed by atoms with Gasteiger partial charge in [0.25, 0.3) is 0 Å². The molecule has 1 saturated carbocycles. The highest BCUT2D eigenvalue weighted by Gasteiger charge is 2.30. The lowest BCUT2D eigenvalue weighted by Gasteiger charge is -2.34. The van der Waals surface area contributed by atoms with E-state index in [1.165, 1.54) is 12.1 Å². The summed E-state index contributed by atoms with van der Waals surface area (Å²) in [5.41, 5.74) is -0.0944. The van der Waals surface area contributed by atoms with Crippen LogP contribution in [0.3, 0.4) is 0 Å². The van der Waals surface area contributed by atoms with Crippen LogP contribution in [0.1, 0.15) is 39.0 Å². The number of carbonyl (C=O) groups excluding carboxylic acids is 1. The number of pyridine rings is 1. The minimum atomic E-state index is -0.463. The van der Waals surface area contributed by atoms with Gasteiger partial charge in [0.2, 0.25) is 5.82 Å². The number of aromatic nitrogens is 1. The summed E-state index contributed by atoms with van der Waals surface area (Å²) in [6, 6.07) is 3.01. The molecule has 1 aliphatic rings. The third kappa shape index (κ3) is 4.63. The van der Waals surface area contributed by atoms with E-state index in [4.69, 9.17) is 4.74 Å². The molecule has 0 unspecified atom stereocenters. The smallest absolute Gasteiger partial charge is 0.325 e. The first-order valence-electron chi connectivity index (χ1n) is 7.76. The Labute approximate surface area is 143 Å². The number of nitro groups is 1. The Morgan fingerprint density at radius 2 is 2.13 bits per heavy atom. The maximum atomic E-state index is 12.0. The minimum absolute atomic E-state index is 0.0250. The molecule has 23 heavy (non-hydrogen) atoms. The van der Waals surface area contributed by atoms with Crippen LogP contribution in [-0.2, 0) is 9.53 Å². The quantitative estimate of drug-likeness (QED) is 0.322. The van der Waals surface area contributed by atoms with Gasteiger partial charge in [0.1, 0.15) is 11.1 Å². The van der Waals surface area contributed by atoms with Crippen LogP contribution in [0.15, 0.2) is 16.7 Å². The normalized spacial score (nSPS) is 15.2. The van der Waals surface area contributed by atoms with Gasteiger partial charge in [-0.05, 0) is 41.8 Å². The first kappa shape index (κ1) is 17.7. The Balaban J connectivity index is 2.37. The Kier molecular flexibility index (Phi) is 6.32. The van der Waals surface area contributed by atoms with Crippen LogP contribution in [0.4, 0.5) is 11.5 Å². The van der Waals surface area contributed by atoms with Gasteiger partial charge in [-0.15, -0.1) is 0 Å². The van der Waals surface area contributed by atoms with E-state index in [0.29, 0.717) is 4.60 Å². The van der Waals surface area contributed by atoms with Gasteiger partial charge in [-0.25, -0.2) is 4.98 Å². The SMILES string of the molecule is CCOC(=O)CN(c1nc(Br)ccc1[N+](=O)[O-])C1CCCCC1. The fraction of sp³-hybridized carbons (Fsp3) is 0.600. The van der Waals surface area contributed by atoms with Crippen LogP contribution >= 0.6 is 15.9 Å². The fourth-order valence-electron chi connectivity index (χ4n) is 2.89. The van der Waals surface area contributed by atoms with Gasteiger partial charge in [0.05, 0.1) is 11.5 Å². The van der Waals surface area contributed by atoms with Crippen LogP contribution in [0, 0.1) is 10.1 Å². The molecule has 0 spiro atoms. The van der Waals surface area contributed by atoms with E-state index in [1.807, 2.05) is 0 Å². The van der Waals surface area contributed by atoms with Crippen molar-refractivity contribution in [2.45, 2.75) is 45.1 Å². The van der Waals surface area contributed by atoms with Crippen LogP contribution in [0.2, 0.25) is 0 Å². The van der Waals surface area contributed by atoms with E-state index in [9.17, 15) is 14.9 Å². The van der Waals surface area contributed by atoms with E-state index >= 15 is 0 Å². The molecule has 126 valence electrons. The summed E-state index contributed by atoms with van der Waals surface area (Å²) >= 11 is 3.26. The molecule has 1 fully saturated rings. The second-order valence-electron chi connectivity index (χ2n) is 5.46. The van der Waals surface area contributed by atoms with E-state index in [1.54, 1.807) is 11.8 Å². The first-order valence-corrected chi connectivity index (χ1v) is 8.55. The zero-order chi connectivity index (χ0) is 16.8. The number of halogens is 1. The molecule has 1 aromatic rings. The maximum Gasteiger partial charge on any atom is 0.325 e. The second kappa shape index (κ2) is 8.24. The molecule has 0 radical (unpaired) electrons. The van der Waals surface area contributed by atoms with Gasteiger partial charge in [-0.3, -0.25) is 14.9 Å². The van der Waals surface area contributed by atoms with Crippen LogP contribution in [-0.4, -0.2) is 35.1 Å². The lowest BCUT2D eigenvalue weighted by atomic mass is 9.94. The van der Waals surface area contributed by atoms with Crippen LogP contribution < -0.4 is 4.90 Å². The van der Waals surface area contributed by atoms with Crippen molar-refractivity contribution in [3.8, 4) is 0 Å². The molecular formula is C15H20BrN3O4. The van der Waals surface area contributed by atoms with Crippen molar-refractivity contribution in [1.29, 1.82) is 0 Å². The van der Waals surface area contributed by atoms with Gasteiger partial charge < -0.3 is 9.64 Å². The van der Waals surface area contributed by atoms with Crippen molar-refractivity contribution in [3.05, 3.63) is 26.9 Å². The molecule has 1 heterocycles. The molecule has 0 saturated heterocycles. The van der Waals surface area contributed by atoms with Gasteiger partial charge in [0, 0.05) is 12.1 Å². The van der Waals surface area contributed by atoms with E-state index < -0.39 is 10.9 Å². The average Bonchev–Trinajstić information content (AvgIpc) is 2.53. The molecule has 2 rings (SSSR count). The zero-order valence-electron chi connectivity index (χ0n) is 13.0. The standard InChI is InChI=1S/C15H20BrN3O4/c1-2-23-14(20)10-18(11-6-4-3-5-7-11)15-12(19(21)22)8-9-13(16)17-15/h8-9,11H,2-7,10H2,1H3. The van der Waals surface area contributed by atoms with Gasteiger partial charge in [0.15, 0.2) is 0 Å². The number of hydrogen-bond acceptors (Lipinski definition) is 6. The number of esters is 1. The Morgan fingerprint density at radius 3 is 2.74 bits per heavy atom. The summed E-state index contributed by atoms with van der Waals surface area (Å²) in [7, 11) is 0. The van der Waals surface area contributed by atoms with Crippen molar-refractivity contribution in [2.24, 2.45) is 0 Å². The summed E-state index contributed by atoms with van der Waals surface area (Å²) in [6.07, 6.45) is 5.03. The van der Waals surface area contributed by atoms with Crippen molar-refractivity contribution < 1.29 is 14.5 Å². The highest BCUT2D eigenvalue weighted by molar-refractivity contribution is 9.10. The van der Waals surface area contributed by atoms with Crippen molar-refractivity contribution >= 4 is 33.4 Å². The van der Waals surface area contributed by atoms with Crippen molar-refractivity contribution in [2.75, 3.05) is 18.1 Å². The molecule has 0 bridgehead atoms. The number of carbonyl (C=O) groups is 1. The monoisotopic (exact) mass is 385 g/mol. The van der Waals surface area contributed by atoms with Crippen LogP contribution in [0.5, 0.6) is 0 Å². The molecule has 1 aromatic heterocycles. The second-order valence-corrected chi connectivity index (χ2v) is 6.27. The molecule has 0 aliphatic heterocycles. The zero-order valence-corrected chi connectivity index (χ0v) is 14.6. The molecule has 8 heteroatoms. The Morgan fingerprint density at radius 1 is 1.43 bits per heavy atom. The molecular weight excluding hydrogens is 366 g/mol. The average molecular weight is 386 g/mol. The van der Waals surface area contributed by atoms with E-state index in [2.05, 4.69) is 20.9 Å². The summed E-state index contributed by atoms with van der Waals surface area (Å²) in [5, 5.41) is 11.3. The number of hydrogen-bond donors (Lipinski definition) is 0. The third-order valence-corrected chi connectivity index (χ3v) is 4.35. The van der Waals surface area contributed by atoms with Crippen LogP contribution in [0.25, 0.3) is 0 Å². The summed E-state index contributed by atoms with van der Waals surface area (Å²) in [6.45, 7) is 2.00. The number of ether oxygens (including phenoxy) is 1. The first-order chi connectivity index (χ1) is 11.0. The molecule has 1 aliphatic carbocycles. The highest BCUT2D eigenvalue weighted by atomic mass is 79.9. The van der Waals surface area contributed by atoms with Crippen molar-refractivity contribution in [3.63, 3.8) is 0 Å². The largest absolute Gasteiger partial charge is 0.465 e. The third-order valence-electron chi connectivity index (χ3n) is 3.91. The van der Waals surface area contributed by atoms with Gasteiger partial charge >= 0.3 is 11.7 Å². The minimum Gasteiger partial charge on any atom is -0.465 e. The maximum absolute atomic E-state index is 12.0. The summed E-state index contributed by atoms with van der Waals surface area (Å²) in [4.78, 5) is 28.9. The topological polar surface area (TPSA) is 85.6 Å². The van der Waals surface area contributed by atoms with Gasteiger partial charge in [-0.2, -0.15) is 0 Å². The lowest BCUT2D eigenvalue weighted by molar-refractivity contribution is -0.384. The van der Waals surface area contributed by atoms with Crippen molar-refractivity contribution in [1.82, 2.24) is 4.98 Å².